The number of ketones is 1. The molecule has 0 aliphatic carbocycles. The third-order valence-electron chi connectivity index (χ3n) is 4.40. The molecule has 6 heteroatoms. The van der Waals surface area contributed by atoms with Crippen LogP contribution in [0.5, 0.6) is 0 Å². The minimum absolute atomic E-state index is 0.00617. The zero-order chi connectivity index (χ0) is 18.4. The summed E-state index contributed by atoms with van der Waals surface area (Å²) in [5.41, 5.74) is 1.42. The molecule has 0 amide bonds. The number of nitrogens with zero attached hydrogens (tertiary/aromatic N) is 1. The van der Waals surface area contributed by atoms with Crippen LogP contribution in [0.3, 0.4) is 0 Å². The highest BCUT2D eigenvalue weighted by atomic mass is 32.1. The Morgan fingerprint density at radius 3 is 2.40 bits per heavy atom. The first-order valence-electron chi connectivity index (χ1n) is 8.39. The van der Waals surface area contributed by atoms with Crippen molar-refractivity contribution in [2.75, 3.05) is 0 Å². The number of thiazole rings is 1. The fraction of sp³-hybridized carbons (Fsp3) is 0.421. The van der Waals surface area contributed by atoms with Crippen molar-refractivity contribution < 1.29 is 19.1 Å². The molecule has 1 aromatic heterocycles. The molecule has 1 N–H and O–H groups in total. The van der Waals surface area contributed by atoms with Gasteiger partial charge in [-0.2, -0.15) is 0 Å². The van der Waals surface area contributed by atoms with Crippen LogP contribution in [0, 0.1) is 17.7 Å². The Kier molecular flexibility index (Phi) is 6.82. The molecule has 0 radical (unpaired) electrons. The van der Waals surface area contributed by atoms with Crippen molar-refractivity contribution in [1.82, 2.24) is 4.98 Å². The minimum Gasteiger partial charge on any atom is -0.481 e. The number of carboxylic acid groups (broad SMARTS) is 1. The van der Waals surface area contributed by atoms with E-state index in [0.717, 1.165) is 23.4 Å². The van der Waals surface area contributed by atoms with Crippen LogP contribution < -0.4 is 0 Å². The summed E-state index contributed by atoms with van der Waals surface area (Å²) in [6, 6.07) is 6.03. The van der Waals surface area contributed by atoms with Gasteiger partial charge in [0.2, 0.25) is 0 Å². The highest BCUT2D eigenvalue weighted by Gasteiger charge is 2.28. The Balaban J connectivity index is 2.03. The Hall–Kier alpha value is -2.08. The molecule has 4 nitrogen and oxygen atoms in total. The first-order valence-corrected chi connectivity index (χ1v) is 9.27. The second-order valence-corrected chi connectivity index (χ2v) is 6.95. The number of carbonyl (C=O) groups excluding carboxylic acids is 1. The van der Waals surface area contributed by atoms with E-state index in [1.807, 2.05) is 13.8 Å². The van der Waals surface area contributed by atoms with Crippen molar-refractivity contribution >= 4 is 23.1 Å². The fourth-order valence-electron chi connectivity index (χ4n) is 2.95. The molecule has 0 aliphatic rings. The number of halogens is 1. The van der Waals surface area contributed by atoms with Crippen LogP contribution in [0.25, 0.3) is 10.6 Å². The molecule has 0 saturated carbocycles. The zero-order valence-electron chi connectivity index (χ0n) is 14.4. The lowest BCUT2D eigenvalue weighted by atomic mass is 9.84. The third kappa shape index (κ3) is 5.19. The number of benzene rings is 1. The highest BCUT2D eigenvalue weighted by Crippen LogP contribution is 2.26. The number of hydrogen-bond acceptors (Lipinski definition) is 4. The second kappa shape index (κ2) is 8.85. The van der Waals surface area contributed by atoms with Gasteiger partial charge in [0.25, 0.3) is 0 Å². The molecule has 2 aromatic rings. The van der Waals surface area contributed by atoms with Crippen molar-refractivity contribution in [2.24, 2.45) is 11.8 Å². The van der Waals surface area contributed by atoms with E-state index in [-0.39, 0.29) is 30.4 Å². The Morgan fingerprint density at radius 1 is 1.20 bits per heavy atom. The van der Waals surface area contributed by atoms with Gasteiger partial charge in [-0.3, -0.25) is 9.59 Å². The molecular formula is C19H22FNO3S. The van der Waals surface area contributed by atoms with Crippen molar-refractivity contribution in [3.05, 3.63) is 41.2 Å². The summed E-state index contributed by atoms with van der Waals surface area (Å²) in [7, 11) is 0. The van der Waals surface area contributed by atoms with Gasteiger partial charge in [-0.15, -0.1) is 11.3 Å². The third-order valence-corrected chi connectivity index (χ3v) is 5.34. The summed E-state index contributed by atoms with van der Waals surface area (Å²) < 4.78 is 13.0. The minimum atomic E-state index is -0.910. The molecule has 134 valence electrons. The Labute approximate surface area is 150 Å². The van der Waals surface area contributed by atoms with Gasteiger partial charge in [0.1, 0.15) is 16.6 Å². The van der Waals surface area contributed by atoms with Crippen LogP contribution >= 0.6 is 11.3 Å². The van der Waals surface area contributed by atoms with Crippen LogP contribution in [-0.4, -0.2) is 21.8 Å². The van der Waals surface area contributed by atoms with E-state index in [2.05, 4.69) is 4.98 Å². The lowest BCUT2D eigenvalue weighted by Crippen LogP contribution is -2.26. The molecule has 1 heterocycles. The number of Topliss-reactive ketones (excluding diaryl/α,β-unsaturated/α-hetero) is 1. The van der Waals surface area contributed by atoms with Gasteiger partial charge in [-0.1, -0.05) is 26.7 Å². The van der Waals surface area contributed by atoms with E-state index in [1.165, 1.54) is 23.5 Å². The monoisotopic (exact) mass is 363 g/mol. The van der Waals surface area contributed by atoms with Crippen LogP contribution in [0.1, 0.15) is 38.8 Å². The molecule has 0 spiro atoms. The van der Waals surface area contributed by atoms with E-state index >= 15 is 0 Å². The highest BCUT2D eigenvalue weighted by molar-refractivity contribution is 7.13. The van der Waals surface area contributed by atoms with Gasteiger partial charge < -0.3 is 5.11 Å². The van der Waals surface area contributed by atoms with Crippen LogP contribution in [0.15, 0.2) is 29.6 Å². The van der Waals surface area contributed by atoms with E-state index < -0.39 is 11.9 Å². The lowest BCUT2D eigenvalue weighted by molar-refractivity contribution is -0.146. The van der Waals surface area contributed by atoms with Gasteiger partial charge in [0.05, 0.1) is 11.6 Å². The number of carbonyl (C=O) groups is 2. The zero-order valence-corrected chi connectivity index (χ0v) is 15.2. The fourth-order valence-corrected chi connectivity index (χ4v) is 3.77. The maximum atomic E-state index is 13.0. The molecule has 1 unspecified atom stereocenters. The van der Waals surface area contributed by atoms with Crippen molar-refractivity contribution in [1.29, 1.82) is 0 Å². The smallest absolute Gasteiger partial charge is 0.307 e. The second-order valence-electron chi connectivity index (χ2n) is 6.09. The Morgan fingerprint density at radius 2 is 1.84 bits per heavy atom. The van der Waals surface area contributed by atoms with Gasteiger partial charge in [0.15, 0.2) is 0 Å². The molecule has 0 saturated heterocycles. The number of aromatic nitrogens is 1. The molecule has 0 bridgehead atoms. The van der Waals surface area contributed by atoms with Crippen molar-refractivity contribution in [3.63, 3.8) is 0 Å². The lowest BCUT2D eigenvalue weighted by Gasteiger charge is -2.20. The normalized spacial score (nSPS) is 12.3. The number of hydrogen-bond donors (Lipinski definition) is 1. The maximum absolute atomic E-state index is 13.0. The van der Waals surface area contributed by atoms with E-state index in [1.54, 1.807) is 17.5 Å². The number of carboxylic acids is 1. The molecule has 25 heavy (non-hydrogen) atoms. The first-order chi connectivity index (χ1) is 11.9. The molecule has 0 aliphatic heterocycles. The summed E-state index contributed by atoms with van der Waals surface area (Å²) in [6.07, 6.45) is 1.64. The molecule has 1 aromatic carbocycles. The van der Waals surface area contributed by atoms with Crippen molar-refractivity contribution in [2.45, 2.75) is 39.5 Å². The Bertz CT molecular complexity index is 723. The average Bonchev–Trinajstić information content (AvgIpc) is 3.03. The summed E-state index contributed by atoms with van der Waals surface area (Å²) >= 11 is 1.39. The van der Waals surface area contributed by atoms with Gasteiger partial charge >= 0.3 is 5.97 Å². The molecule has 0 fully saturated rings. The largest absolute Gasteiger partial charge is 0.481 e. The SMILES string of the molecule is CCC(CC)C(CC(=O)Cc1csc(-c2ccc(F)cc2)n1)C(=O)O. The van der Waals surface area contributed by atoms with Gasteiger partial charge in [-0.25, -0.2) is 9.37 Å². The van der Waals surface area contributed by atoms with Crippen LogP contribution in [-0.2, 0) is 16.0 Å². The van der Waals surface area contributed by atoms with Crippen LogP contribution in [0.2, 0.25) is 0 Å². The average molecular weight is 363 g/mol. The summed E-state index contributed by atoms with van der Waals surface area (Å²) in [4.78, 5) is 28.2. The van der Waals surface area contributed by atoms with Gasteiger partial charge in [-0.05, 0) is 30.2 Å². The quantitative estimate of drug-likeness (QED) is 0.708. The molecule has 2 rings (SSSR count). The van der Waals surface area contributed by atoms with Crippen LogP contribution in [0.4, 0.5) is 4.39 Å². The maximum Gasteiger partial charge on any atom is 0.307 e. The summed E-state index contributed by atoms with van der Waals surface area (Å²) in [5, 5.41) is 11.9. The molecule has 1 atom stereocenters. The van der Waals surface area contributed by atoms with E-state index in [0.29, 0.717) is 5.69 Å². The van der Waals surface area contributed by atoms with Gasteiger partial charge in [0, 0.05) is 23.8 Å². The number of rotatable bonds is 9. The summed E-state index contributed by atoms with van der Waals surface area (Å²) in [6.45, 7) is 3.90. The standard InChI is InChI=1S/C19H22FNO3S/c1-3-12(4-2)17(19(23)24)10-16(22)9-15-11-25-18(21-15)13-5-7-14(20)8-6-13/h5-8,11-12,17H,3-4,9-10H2,1-2H3,(H,23,24). The predicted molar refractivity (Wildman–Crippen MR) is 96.0 cm³/mol. The van der Waals surface area contributed by atoms with E-state index in [9.17, 15) is 19.1 Å². The first kappa shape index (κ1) is 19.2. The predicted octanol–water partition coefficient (Wildman–Crippen LogP) is 4.59. The number of aliphatic carboxylic acids is 1. The molecular weight excluding hydrogens is 341 g/mol. The topological polar surface area (TPSA) is 67.3 Å². The van der Waals surface area contributed by atoms with Crippen molar-refractivity contribution in [3.8, 4) is 10.6 Å². The summed E-state index contributed by atoms with van der Waals surface area (Å²) in [5.74, 6) is -1.97. The van der Waals surface area contributed by atoms with E-state index in [4.69, 9.17) is 0 Å².